The van der Waals surface area contributed by atoms with Crippen LogP contribution in [0.5, 0.6) is 0 Å². The number of hydrogen-bond acceptors (Lipinski definition) is 1. The molecular formula is C22H25NO. The molecule has 2 saturated carbocycles. The van der Waals surface area contributed by atoms with Crippen molar-refractivity contribution < 1.29 is 4.79 Å². The highest BCUT2D eigenvalue weighted by atomic mass is 16.1. The summed E-state index contributed by atoms with van der Waals surface area (Å²) in [6.45, 7) is 2.18. The van der Waals surface area contributed by atoms with Gasteiger partial charge in [0.05, 0.1) is 0 Å². The molecule has 24 heavy (non-hydrogen) atoms. The van der Waals surface area contributed by atoms with Crippen LogP contribution < -0.4 is 5.32 Å². The largest absolute Gasteiger partial charge is 0.349 e. The second kappa shape index (κ2) is 6.43. The molecule has 2 aliphatic rings. The summed E-state index contributed by atoms with van der Waals surface area (Å²) in [6.07, 6.45) is 5.46. The van der Waals surface area contributed by atoms with Crippen molar-refractivity contribution in [2.75, 3.05) is 0 Å². The lowest BCUT2D eigenvalue weighted by Crippen LogP contribution is -2.40. The maximum atomic E-state index is 12.6. The fourth-order valence-corrected chi connectivity index (χ4v) is 4.75. The Labute approximate surface area is 144 Å². The lowest BCUT2D eigenvalue weighted by atomic mass is 9.84. The summed E-state index contributed by atoms with van der Waals surface area (Å²) in [7, 11) is 0. The molecule has 2 heteroatoms. The molecule has 0 heterocycles. The first-order valence-electron chi connectivity index (χ1n) is 9.17. The summed E-state index contributed by atoms with van der Waals surface area (Å²) >= 11 is 0. The highest BCUT2D eigenvalue weighted by Crippen LogP contribution is 2.49. The van der Waals surface area contributed by atoms with Gasteiger partial charge in [-0.3, -0.25) is 4.79 Å². The minimum absolute atomic E-state index is 0.0601. The molecule has 2 fully saturated rings. The molecule has 124 valence electrons. The Hall–Kier alpha value is -2.09. The number of rotatable bonds is 4. The van der Waals surface area contributed by atoms with Gasteiger partial charge in [-0.25, -0.2) is 0 Å². The van der Waals surface area contributed by atoms with Crippen LogP contribution >= 0.6 is 0 Å². The van der Waals surface area contributed by atoms with Crippen molar-refractivity contribution in [1.29, 1.82) is 0 Å². The van der Waals surface area contributed by atoms with Crippen LogP contribution in [-0.4, -0.2) is 11.9 Å². The van der Waals surface area contributed by atoms with Gasteiger partial charge in [0.25, 0.3) is 5.91 Å². The number of carbonyl (C=O) groups excluding carboxylic acids is 1. The van der Waals surface area contributed by atoms with E-state index in [0.29, 0.717) is 5.92 Å². The van der Waals surface area contributed by atoms with Gasteiger partial charge in [-0.1, -0.05) is 48.9 Å². The normalized spacial score (nSPS) is 26.3. The Morgan fingerprint density at radius 3 is 2.29 bits per heavy atom. The number of hydrogen-bond donors (Lipinski definition) is 1. The topological polar surface area (TPSA) is 29.1 Å². The lowest BCUT2D eigenvalue weighted by molar-refractivity contribution is 0.0915. The predicted octanol–water partition coefficient (Wildman–Crippen LogP) is 4.91. The molecule has 2 aromatic carbocycles. The van der Waals surface area contributed by atoms with Crippen molar-refractivity contribution in [3.05, 3.63) is 60.2 Å². The molecule has 1 N–H and O–H groups in total. The summed E-state index contributed by atoms with van der Waals surface area (Å²) in [6, 6.07) is 18.5. The van der Waals surface area contributed by atoms with Crippen LogP contribution in [0.4, 0.5) is 0 Å². The van der Waals surface area contributed by atoms with Gasteiger partial charge < -0.3 is 5.32 Å². The first-order valence-corrected chi connectivity index (χ1v) is 9.17. The van der Waals surface area contributed by atoms with Gasteiger partial charge in [0, 0.05) is 11.6 Å². The maximum absolute atomic E-state index is 12.6. The molecule has 2 aliphatic carbocycles. The highest BCUT2D eigenvalue weighted by Gasteiger charge is 2.42. The molecule has 2 nitrogen and oxygen atoms in total. The smallest absolute Gasteiger partial charge is 0.251 e. The van der Waals surface area contributed by atoms with Crippen LogP contribution in [0, 0.1) is 17.8 Å². The molecule has 2 bridgehead atoms. The van der Waals surface area contributed by atoms with E-state index in [1.165, 1.54) is 31.2 Å². The summed E-state index contributed by atoms with van der Waals surface area (Å²) in [5.74, 6) is 2.50. The Kier molecular flexibility index (Phi) is 4.13. The second-order valence-corrected chi connectivity index (χ2v) is 7.54. The predicted molar refractivity (Wildman–Crippen MR) is 97.7 cm³/mol. The number of amides is 1. The average Bonchev–Trinajstić information content (AvgIpc) is 3.26. The Morgan fingerprint density at radius 2 is 1.67 bits per heavy atom. The summed E-state index contributed by atoms with van der Waals surface area (Å²) in [4.78, 5) is 12.6. The molecule has 1 amide bonds. The van der Waals surface area contributed by atoms with Gasteiger partial charge in [0.15, 0.2) is 0 Å². The monoisotopic (exact) mass is 319 g/mol. The Balaban J connectivity index is 1.41. The molecule has 4 atom stereocenters. The van der Waals surface area contributed by atoms with Gasteiger partial charge in [-0.05, 0) is 67.2 Å². The van der Waals surface area contributed by atoms with Crippen molar-refractivity contribution >= 4 is 5.91 Å². The lowest BCUT2D eigenvalue weighted by Gasteiger charge is -2.28. The van der Waals surface area contributed by atoms with Gasteiger partial charge in [0.2, 0.25) is 0 Å². The fraction of sp³-hybridized carbons (Fsp3) is 0.409. The number of benzene rings is 2. The van der Waals surface area contributed by atoms with E-state index in [-0.39, 0.29) is 11.9 Å². The summed E-state index contributed by atoms with van der Waals surface area (Å²) in [5.41, 5.74) is 3.08. The zero-order valence-electron chi connectivity index (χ0n) is 14.2. The molecule has 4 rings (SSSR count). The van der Waals surface area contributed by atoms with E-state index in [1.807, 2.05) is 42.5 Å². The first-order chi connectivity index (χ1) is 11.7. The van der Waals surface area contributed by atoms with E-state index in [4.69, 9.17) is 0 Å². The number of carbonyl (C=O) groups is 1. The van der Waals surface area contributed by atoms with Crippen LogP contribution in [0.1, 0.15) is 43.0 Å². The van der Waals surface area contributed by atoms with E-state index in [2.05, 4.69) is 24.4 Å². The van der Waals surface area contributed by atoms with Crippen LogP contribution in [-0.2, 0) is 0 Å². The molecular weight excluding hydrogens is 294 g/mol. The first kappa shape index (κ1) is 15.4. The zero-order valence-corrected chi connectivity index (χ0v) is 14.2. The molecule has 0 aliphatic heterocycles. The molecule has 2 aromatic rings. The molecule has 0 saturated heterocycles. The van der Waals surface area contributed by atoms with E-state index < -0.39 is 0 Å². The van der Waals surface area contributed by atoms with Crippen LogP contribution in [0.15, 0.2) is 54.6 Å². The zero-order chi connectivity index (χ0) is 16.5. The van der Waals surface area contributed by atoms with Gasteiger partial charge in [-0.2, -0.15) is 0 Å². The van der Waals surface area contributed by atoms with Gasteiger partial charge in [0.1, 0.15) is 0 Å². The van der Waals surface area contributed by atoms with E-state index in [9.17, 15) is 4.79 Å². The van der Waals surface area contributed by atoms with Gasteiger partial charge in [-0.15, -0.1) is 0 Å². The van der Waals surface area contributed by atoms with Crippen molar-refractivity contribution in [2.24, 2.45) is 17.8 Å². The minimum atomic E-state index is 0.0601. The van der Waals surface area contributed by atoms with Crippen molar-refractivity contribution in [1.82, 2.24) is 5.32 Å². The van der Waals surface area contributed by atoms with Crippen molar-refractivity contribution in [2.45, 2.75) is 38.6 Å². The fourth-order valence-electron chi connectivity index (χ4n) is 4.75. The van der Waals surface area contributed by atoms with Crippen LogP contribution in [0.3, 0.4) is 0 Å². The standard InChI is InChI=1S/C22H25NO/c1-15(21-14-16-7-8-20(21)13-16)23-22(24)19-11-9-18(10-12-19)17-5-3-2-4-6-17/h2-6,9-12,15-16,20-21H,7-8,13-14H2,1H3,(H,23,24)/t15-,16-,20-,21-/m1/s1. The number of nitrogens with one attached hydrogen (secondary N) is 1. The molecule has 0 spiro atoms. The average molecular weight is 319 g/mol. The third kappa shape index (κ3) is 2.98. The second-order valence-electron chi connectivity index (χ2n) is 7.54. The Morgan fingerprint density at radius 1 is 0.958 bits per heavy atom. The van der Waals surface area contributed by atoms with Crippen molar-refractivity contribution in [3.63, 3.8) is 0 Å². The minimum Gasteiger partial charge on any atom is -0.349 e. The third-order valence-corrected chi connectivity index (χ3v) is 6.05. The van der Waals surface area contributed by atoms with E-state index in [1.54, 1.807) is 0 Å². The van der Waals surface area contributed by atoms with Crippen LogP contribution in [0.2, 0.25) is 0 Å². The molecule has 0 unspecified atom stereocenters. The third-order valence-electron chi connectivity index (χ3n) is 6.05. The SMILES string of the molecule is C[C@@H](NC(=O)c1ccc(-c2ccccc2)cc1)[C@H]1C[C@@H]2CC[C@@H]1C2. The Bertz CT molecular complexity index is 707. The van der Waals surface area contributed by atoms with E-state index >= 15 is 0 Å². The number of fused-ring (bicyclic) bond motifs is 2. The van der Waals surface area contributed by atoms with E-state index in [0.717, 1.165) is 23.0 Å². The highest BCUT2D eigenvalue weighted by molar-refractivity contribution is 5.94. The maximum Gasteiger partial charge on any atom is 0.251 e. The quantitative estimate of drug-likeness (QED) is 0.852. The summed E-state index contributed by atoms with van der Waals surface area (Å²) in [5, 5.41) is 3.24. The van der Waals surface area contributed by atoms with Crippen LogP contribution in [0.25, 0.3) is 11.1 Å². The summed E-state index contributed by atoms with van der Waals surface area (Å²) < 4.78 is 0. The molecule has 0 aromatic heterocycles. The van der Waals surface area contributed by atoms with Crippen molar-refractivity contribution in [3.8, 4) is 11.1 Å². The molecule has 0 radical (unpaired) electrons. The van der Waals surface area contributed by atoms with Gasteiger partial charge >= 0.3 is 0 Å².